The Bertz CT molecular complexity index is 230. The topological polar surface area (TPSA) is 37.3 Å². The van der Waals surface area contributed by atoms with E-state index in [9.17, 15) is 9.90 Å². The second-order valence-electron chi connectivity index (χ2n) is 5.16. The fraction of sp³-hybridized carbons (Fsp3) is 0.929. The normalized spacial score (nSPS) is 29.2. The molecule has 0 saturated heterocycles. The van der Waals surface area contributed by atoms with Crippen molar-refractivity contribution >= 4 is 17.7 Å². The summed E-state index contributed by atoms with van der Waals surface area (Å²) in [6, 6.07) is 0. The molecule has 1 fully saturated rings. The molecule has 1 N–H and O–H groups in total. The number of hydrogen-bond acceptors (Lipinski definition) is 2. The first kappa shape index (κ1) is 14.9. The number of hydrogen-bond donors (Lipinski definition) is 1. The summed E-state index contributed by atoms with van der Waals surface area (Å²) in [5.74, 6) is 2.85. The van der Waals surface area contributed by atoms with Gasteiger partial charge in [0.25, 0.3) is 0 Å². The molecule has 3 unspecified atom stereocenters. The Hall–Kier alpha value is -0.180. The van der Waals surface area contributed by atoms with Gasteiger partial charge < -0.3 is 5.11 Å². The van der Waals surface area contributed by atoms with Crippen molar-refractivity contribution in [3.05, 3.63) is 0 Å². The smallest absolute Gasteiger partial charge is 0.306 e. The Labute approximate surface area is 110 Å². The molecular weight excluding hydrogens is 232 g/mol. The molecule has 1 aliphatic carbocycles. The van der Waals surface area contributed by atoms with Gasteiger partial charge in [0.1, 0.15) is 0 Å². The molecule has 0 bridgehead atoms. The summed E-state index contributed by atoms with van der Waals surface area (Å²) in [5, 5.41) is 9.27. The maximum atomic E-state index is 11.3. The van der Waals surface area contributed by atoms with Gasteiger partial charge in [-0.1, -0.05) is 26.7 Å². The highest BCUT2D eigenvalue weighted by atomic mass is 32.2. The number of carbonyl (C=O) groups is 1. The van der Waals surface area contributed by atoms with Crippen molar-refractivity contribution in [1.82, 2.24) is 0 Å². The molecule has 0 aliphatic heterocycles. The van der Waals surface area contributed by atoms with Gasteiger partial charge in [0.15, 0.2) is 0 Å². The van der Waals surface area contributed by atoms with Gasteiger partial charge in [-0.3, -0.25) is 4.79 Å². The Morgan fingerprint density at radius 1 is 1.29 bits per heavy atom. The summed E-state index contributed by atoms with van der Waals surface area (Å²) in [7, 11) is 0. The molecule has 0 spiro atoms. The van der Waals surface area contributed by atoms with Crippen LogP contribution in [0.2, 0.25) is 0 Å². The molecule has 0 aromatic heterocycles. The molecule has 0 amide bonds. The Balaban J connectivity index is 2.47. The molecule has 2 nitrogen and oxygen atoms in total. The molecule has 1 saturated carbocycles. The van der Waals surface area contributed by atoms with E-state index in [4.69, 9.17) is 0 Å². The standard InChI is InChI=1S/C14H26O2S/c1-3-5-11-6-7-13(14(15)16)12(10-11)8-9-17-4-2/h11-13H,3-10H2,1-2H3,(H,15,16). The van der Waals surface area contributed by atoms with E-state index < -0.39 is 5.97 Å². The van der Waals surface area contributed by atoms with Gasteiger partial charge in [0.05, 0.1) is 5.92 Å². The Morgan fingerprint density at radius 2 is 2.06 bits per heavy atom. The average molecular weight is 258 g/mol. The second kappa shape index (κ2) is 8.02. The SMILES string of the molecule is CCCC1CCC(C(=O)O)C(CCSCC)C1. The summed E-state index contributed by atoms with van der Waals surface area (Å²) in [4.78, 5) is 11.3. The van der Waals surface area contributed by atoms with Crippen LogP contribution in [0.1, 0.15) is 52.4 Å². The maximum absolute atomic E-state index is 11.3. The van der Waals surface area contributed by atoms with Crippen molar-refractivity contribution in [2.75, 3.05) is 11.5 Å². The van der Waals surface area contributed by atoms with E-state index in [1.807, 2.05) is 11.8 Å². The van der Waals surface area contributed by atoms with Crippen molar-refractivity contribution < 1.29 is 9.90 Å². The van der Waals surface area contributed by atoms with Crippen LogP contribution in [0.15, 0.2) is 0 Å². The molecule has 1 aliphatic rings. The number of aliphatic carboxylic acids is 1. The predicted octanol–water partition coefficient (Wildman–Crippen LogP) is 4.05. The largest absolute Gasteiger partial charge is 0.481 e. The van der Waals surface area contributed by atoms with Crippen molar-refractivity contribution in [1.29, 1.82) is 0 Å². The minimum Gasteiger partial charge on any atom is -0.481 e. The third-order valence-electron chi connectivity index (χ3n) is 3.94. The van der Waals surface area contributed by atoms with E-state index in [1.54, 1.807) is 0 Å². The first-order valence-electron chi connectivity index (χ1n) is 6.99. The molecule has 17 heavy (non-hydrogen) atoms. The number of rotatable bonds is 7. The van der Waals surface area contributed by atoms with Crippen molar-refractivity contribution in [2.45, 2.75) is 52.4 Å². The average Bonchev–Trinajstić information content (AvgIpc) is 2.30. The van der Waals surface area contributed by atoms with Crippen LogP contribution in [0, 0.1) is 17.8 Å². The molecule has 0 aromatic carbocycles. The van der Waals surface area contributed by atoms with Gasteiger partial charge in [-0.05, 0) is 49.0 Å². The van der Waals surface area contributed by atoms with Crippen molar-refractivity contribution in [3.63, 3.8) is 0 Å². The summed E-state index contributed by atoms with van der Waals surface area (Å²) in [6.07, 6.45) is 6.79. The highest BCUT2D eigenvalue weighted by molar-refractivity contribution is 7.99. The zero-order valence-corrected chi connectivity index (χ0v) is 12.0. The minimum atomic E-state index is -0.563. The van der Waals surface area contributed by atoms with Crippen LogP contribution in [0.25, 0.3) is 0 Å². The van der Waals surface area contributed by atoms with Gasteiger partial charge in [0, 0.05) is 0 Å². The Kier molecular flexibility index (Phi) is 7.02. The lowest BCUT2D eigenvalue weighted by Gasteiger charge is -2.34. The highest BCUT2D eigenvalue weighted by Crippen LogP contribution is 2.38. The lowest BCUT2D eigenvalue weighted by atomic mass is 9.72. The van der Waals surface area contributed by atoms with Gasteiger partial charge in [-0.15, -0.1) is 0 Å². The molecule has 3 atom stereocenters. The zero-order valence-electron chi connectivity index (χ0n) is 11.2. The predicted molar refractivity (Wildman–Crippen MR) is 74.5 cm³/mol. The summed E-state index contributed by atoms with van der Waals surface area (Å²) in [6.45, 7) is 4.39. The molecule has 0 aromatic rings. The molecule has 0 radical (unpaired) electrons. The van der Waals surface area contributed by atoms with Gasteiger partial charge in [-0.25, -0.2) is 0 Å². The fourth-order valence-corrected chi connectivity index (χ4v) is 3.81. The first-order chi connectivity index (χ1) is 8.19. The third kappa shape index (κ3) is 4.90. The summed E-state index contributed by atoms with van der Waals surface area (Å²) < 4.78 is 0. The second-order valence-corrected chi connectivity index (χ2v) is 6.55. The number of carboxylic acid groups (broad SMARTS) is 1. The quantitative estimate of drug-likeness (QED) is 0.700. The Morgan fingerprint density at radius 3 is 2.65 bits per heavy atom. The van der Waals surface area contributed by atoms with Crippen LogP contribution in [0.3, 0.4) is 0 Å². The highest BCUT2D eigenvalue weighted by Gasteiger charge is 2.34. The molecule has 3 heteroatoms. The lowest BCUT2D eigenvalue weighted by molar-refractivity contribution is -0.145. The van der Waals surface area contributed by atoms with Crippen LogP contribution in [-0.2, 0) is 4.79 Å². The maximum Gasteiger partial charge on any atom is 0.306 e. The first-order valence-corrected chi connectivity index (χ1v) is 8.15. The lowest BCUT2D eigenvalue weighted by Crippen LogP contribution is -2.31. The van der Waals surface area contributed by atoms with E-state index in [0.29, 0.717) is 5.92 Å². The molecule has 1 rings (SSSR count). The van der Waals surface area contributed by atoms with Gasteiger partial charge in [0.2, 0.25) is 0 Å². The molecular formula is C14H26O2S. The van der Waals surface area contributed by atoms with E-state index in [0.717, 1.165) is 43.1 Å². The van der Waals surface area contributed by atoms with Gasteiger partial charge in [-0.2, -0.15) is 11.8 Å². The van der Waals surface area contributed by atoms with E-state index in [1.165, 1.54) is 12.8 Å². The van der Waals surface area contributed by atoms with E-state index >= 15 is 0 Å². The van der Waals surface area contributed by atoms with Crippen molar-refractivity contribution in [2.24, 2.45) is 17.8 Å². The minimum absolute atomic E-state index is 0.0689. The van der Waals surface area contributed by atoms with Gasteiger partial charge >= 0.3 is 5.97 Å². The zero-order chi connectivity index (χ0) is 12.7. The number of carboxylic acids is 1. The van der Waals surface area contributed by atoms with Crippen LogP contribution in [0.4, 0.5) is 0 Å². The fourth-order valence-electron chi connectivity index (χ4n) is 3.05. The third-order valence-corrected chi connectivity index (χ3v) is 4.87. The van der Waals surface area contributed by atoms with Crippen LogP contribution >= 0.6 is 11.8 Å². The molecule has 0 heterocycles. The van der Waals surface area contributed by atoms with Crippen molar-refractivity contribution in [3.8, 4) is 0 Å². The van der Waals surface area contributed by atoms with Crippen LogP contribution in [0.5, 0.6) is 0 Å². The molecule has 100 valence electrons. The van der Waals surface area contributed by atoms with E-state index in [-0.39, 0.29) is 5.92 Å². The summed E-state index contributed by atoms with van der Waals surface area (Å²) in [5.41, 5.74) is 0. The van der Waals surface area contributed by atoms with E-state index in [2.05, 4.69) is 13.8 Å². The van der Waals surface area contributed by atoms with Crippen LogP contribution < -0.4 is 0 Å². The summed E-state index contributed by atoms with van der Waals surface area (Å²) >= 11 is 1.94. The monoisotopic (exact) mass is 258 g/mol. The van der Waals surface area contributed by atoms with Crippen LogP contribution in [-0.4, -0.2) is 22.6 Å². The number of thioether (sulfide) groups is 1.